The van der Waals surface area contributed by atoms with E-state index in [4.69, 9.17) is 10.5 Å². The van der Waals surface area contributed by atoms with Gasteiger partial charge in [-0.2, -0.15) is 0 Å². The third kappa shape index (κ3) is 12.0. The molecule has 0 aliphatic carbocycles. The number of unbranched alkanes of at least 4 members (excludes halogenated alkanes) is 4. The Morgan fingerprint density at radius 3 is 2.28 bits per heavy atom. The largest absolute Gasteiger partial charge is 0.426 e. The van der Waals surface area contributed by atoms with Gasteiger partial charge in [-0.25, -0.2) is 0 Å². The van der Waals surface area contributed by atoms with Crippen molar-refractivity contribution in [3.05, 3.63) is 28.7 Å². The third-order valence-electron chi connectivity index (χ3n) is 5.13. The Labute approximate surface area is 199 Å². The number of primary amides is 1. The van der Waals surface area contributed by atoms with E-state index in [0.29, 0.717) is 25.0 Å². The Kier molecular flexibility index (Phi) is 13.5. The lowest BCUT2D eigenvalue weighted by molar-refractivity contribution is -0.138. The minimum atomic E-state index is -0.916. The van der Waals surface area contributed by atoms with Gasteiger partial charge >= 0.3 is 5.97 Å². The average Bonchev–Trinajstić information content (AvgIpc) is 2.74. The Balaban J connectivity index is 2.43. The number of Topliss-reactive ketones (excluding diaryl/α,β-unsaturated/α-hetero) is 1. The predicted octanol–water partition coefficient (Wildman–Crippen LogP) is 4.45. The second-order valence-corrected chi connectivity index (χ2v) is 9.01. The van der Waals surface area contributed by atoms with Gasteiger partial charge in [0.15, 0.2) is 5.78 Å². The quantitative estimate of drug-likeness (QED) is 0.193. The van der Waals surface area contributed by atoms with Crippen molar-refractivity contribution in [2.24, 2.45) is 11.7 Å². The van der Waals surface area contributed by atoms with E-state index in [0.717, 1.165) is 36.6 Å². The summed E-state index contributed by atoms with van der Waals surface area (Å²) >= 11 is 3.32. The van der Waals surface area contributed by atoms with Crippen molar-refractivity contribution >= 4 is 39.5 Å². The zero-order chi connectivity index (χ0) is 23.9. The first-order chi connectivity index (χ1) is 15.2. The Hall–Kier alpha value is -2.22. The van der Waals surface area contributed by atoms with Crippen LogP contribution in [-0.4, -0.2) is 29.6 Å². The van der Waals surface area contributed by atoms with Crippen LogP contribution in [0, 0.1) is 5.92 Å². The number of amides is 2. The van der Waals surface area contributed by atoms with Crippen LogP contribution in [0.2, 0.25) is 0 Å². The van der Waals surface area contributed by atoms with Crippen LogP contribution in [-0.2, 0) is 19.2 Å². The molecule has 0 aromatic heterocycles. The molecule has 0 saturated heterocycles. The van der Waals surface area contributed by atoms with Gasteiger partial charge < -0.3 is 15.8 Å². The predicted molar refractivity (Wildman–Crippen MR) is 127 cm³/mol. The SMILES string of the molecule is CCCCCCCC(=O)N[C@H](CC(N)=O)C(=O)CCC[C@H](C)C(=O)Oc1ccc(Br)cc1. The second-order valence-electron chi connectivity index (χ2n) is 8.09. The van der Waals surface area contributed by atoms with Crippen molar-refractivity contribution in [1.29, 1.82) is 0 Å². The number of nitrogens with two attached hydrogens (primary N) is 1. The standard InChI is InChI=1S/C24H35BrN2O5/c1-3-4-5-6-7-11-23(30)27-20(16-22(26)29)21(28)10-8-9-17(2)24(31)32-19-14-12-18(25)13-15-19/h12-15,17,20H,3-11,16H2,1-2H3,(H2,26,29)(H,27,30)/t17-,20+/m0/s1. The average molecular weight is 511 g/mol. The van der Waals surface area contributed by atoms with Crippen molar-refractivity contribution in [2.75, 3.05) is 0 Å². The number of benzene rings is 1. The van der Waals surface area contributed by atoms with Crippen molar-refractivity contribution < 1.29 is 23.9 Å². The molecule has 1 rings (SSSR count). The van der Waals surface area contributed by atoms with E-state index < -0.39 is 17.9 Å². The molecule has 0 aliphatic rings. The molecular formula is C24H35BrN2O5. The molecule has 7 nitrogen and oxygen atoms in total. The van der Waals surface area contributed by atoms with E-state index in [1.54, 1.807) is 31.2 Å². The fourth-order valence-corrected chi connectivity index (χ4v) is 3.46. The Morgan fingerprint density at radius 2 is 1.66 bits per heavy atom. The molecule has 2 atom stereocenters. The van der Waals surface area contributed by atoms with Gasteiger partial charge in [0.2, 0.25) is 11.8 Å². The first-order valence-electron chi connectivity index (χ1n) is 11.3. The summed E-state index contributed by atoms with van der Waals surface area (Å²) in [5.41, 5.74) is 5.25. The van der Waals surface area contributed by atoms with Crippen LogP contribution in [0.4, 0.5) is 0 Å². The zero-order valence-corrected chi connectivity index (χ0v) is 20.6. The van der Waals surface area contributed by atoms with Crippen LogP contribution in [0.3, 0.4) is 0 Å². The van der Waals surface area contributed by atoms with Gasteiger partial charge in [0.25, 0.3) is 0 Å². The molecule has 0 spiro atoms. The molecule has 0 unspecified atom stereocenters. The molecule has 2 amide bonds. The lowest BCUT2D eigenvalue weighted by atomic mass is 9.98. The third-order valence-corrected chi connectivity index (χ3v) is 5.66. The van der Waals surface area contributed by atoms with Crippen molar-refractivity contribution in [2.45, 2.75) is 84.1 Å². The molecule has 0 heterocycles. The molecule has 1 aromatic carbocycles. The number of hydrogen-bond acceptors (Lipinski definition) is 5. The molecular weight excluding hydrogens is 476 g/mol. The molecule has 178 valence electrons. The first-order valence-corrected chi connectivity index (χ1v) is 12.1. The summed E-state index contributed by atoms with van der Waals surface area (Å²) in [7, 11) is 0. The maximum absolute atomic E-state index is 12.6. The van der Waals surface area contributed by atoms with Crippen LogP contribution >= 0.6 is 15.9 Å². The van der Waals surface area contributed by atoms with Crippen LogP contribution in [0.5, 0.6) is 5.75 Å². The number of halogens is 1. The van der Waals surface area contributed by atoms with Crippen molar-refractivity contribution in [3.8, 4) is 5.75 Å². The van der Waals surface area contributed by atoms with Gasteiger partial charge in [-0.1, -0.05) is 55.5 Å². The Bertz CT molecular complexity index is 751. The minimum Gasteiger partial charge on any atom is -0.426 e. The van der Waals surface area contributed by atoms with E-state index in [1.165, 1.54) is 0 Å². The highest BCUT2D eigenvalue weighted by atomic mass is 79.9. The van der Waals surface area contributed by atoms with E-state index in [2.05, 4.69) is 28.2 Å². The molecule has 32 heavy (non-hydrogen) atoms. The summed E-state index contributed by atoms with van der Waals surface area (Å²) in [4.78, 5) is 48.3. The highest BCUT2D eigenvalue weighted by molar-refractivity contribution is 9.10. The highest BCUT2D eigenvalue weighted by Crippen LogP contribution is 2.19. The lowest BCUT2D eigenvalue weighted by Gasteiger charge is -2.17. The molecule has 0 bridgehead atoms. The highest BCUT2D eigenvalue weighted by Gasteiger charge is 2.23. The molecule has 0 saturated carbocycles. The number of carbonyl (C=O) groups excluding carboxylic acids is 4. The number of nitrogens with one attached hydrogen (secondary N) is 1. The molecule has 0 aliphatic heterocycles. The summed E-state index contributed by atoms with van der Waals surface area (Å²) < 4.78 is 6.23. The number of hydrogen-bond donors (Lipinski definition) is 2. The summed E-state index contributed by atoms with van der Waals surface area (Å²) in [6.45, 7) is 3.87. The minimum absolute atomic E-state index is 0.143. The van der Waals surface area contributed by atoms with Crippen LogP contribution < -0.4 is 15.8 Å². The maximum atomic E-state index is 12.6. The second kappa shape index (κ2) is 15.6. The van der Waals surface area contributed by atoms with Gasteiger partial charge in [-0.15, -0.1) is 0 Å². The smallest absolute Gasteiger partial charge is 0.314 e. The van der Waals surface area contributed by atoms with E-state index in [9.17, 15) is 19.2 Å². The van der Waals surface area contributed by atoms with E-state index in [-0.39, 0.29) is 30.5 Å². The summed E-state index contributed by atoms with van der Waals surface area (Å²) in [6, 6.07) is 6.04. The van der Waals surface area contributed by atoms with Crippen molar-refractivity contribution in [3.63, 3.8) is 0 Å². The van der Waals surface area contributed by atoms with Gasteiger partial charge in [0.05, 0.1) is 18.4 Å². The maximum Gasteiger partial charge on any atom is 0.314 e. The first kappa shape index (κ1) is 27.8. The van der Waals surface area contributed by atoms with E-state index in [1.807, 2.05) is 0 Å². The topological polar surface area (TPSA) is 116 Å². The van der Waals surface area contributed by atoms with Gasteiger partial charge in [-0.3, -0.25) is 19.2 Å². The summed E-state index contributed by atoms with van der Waals surface area (Å²) in [6.07, 6.45) is 6.20. The van der Waals surface area contributed by atoms with Gasteiger partial charge in [-0.05, 0) is 43.5 Å². The normalized spacial score (nSPS) is 12.6. The van der Waals surface area contributed by atoms with Gasteiger partial charge in [0, 0.05) is 17.3 Å². The summed E-state index contributed by atoms with van der Waals surface area (Å²) in [5, 5.41) is 2.65. The zero-order valence-electron chi connectivity index (χ0n) is 19.0. The van der Waals surface area contributed by atoms with Crippen molar-refractivity contribution in [1.82, 2.24) is 5.32 Å². The van der Waals surface area contributed by atoms with E-state index >= 15 is 0 Å². The molecule has 3 N–H and O–H groups in total. The number of ketones is 1. The molecule has 1 aromatic rings. The number of rotatable bonds is 16. The fourth-order valence-electron chi connectivity index (χ4n) is 3.20. The Morgan fingerprint density at radius 1 is 1.00 bits per heavy atom. The number of esters is 1. The molecule has 0 radical (unpaired) electrons. The molecule has 0 fully saturated rings. The number of ether oxygens (including phenoxy) is 1. The number of carbonyl (C=O) groups is 4. The lowest BCUT2D eigenvalue weighted by Crippen LogP contribution is -2.43. The fraction of sp³-hybridized carbons (Fsp3) is 0.583. The van der Waals surface area contributed by atoms with Gasteiger partial charge in [0.1, 0.15) is 5.75 Å². The summed E-state index contributed by atoms with van der Waals surface area (Å²) in [5.74, 6) is -1.44. The van der Waals surface area contributed by atoms with Crippen LogP contribution in [0.25, 0.3) is 0 Å². The monoisotopic (exact) mass is 510 g/mol. The molecule has 8 heteroatoms. The van der Waals surface area contributed by atoms with Crippen LogP contribution in [0.1, 0.15) is 78.1 Å². The van der Waals surface area contributed by atoms with Crippen LogP contribution in [0.15, 0.2) is 28.7 Å².